The number of hydrogen-bond acceptors (Lipinski definition) is 4. The lowest BCUT2D eigenvalue weighted by molar-refractivity contribution is -0.137. The normalized spacial score (nSPS) is 14.8. The Labute approximate surface area is 253 Å². The molecule has 1 heterocycles. The van der Waals surface area contributed by atoms with Crippen LogP contribution >= 0.6 is 11.9 Å². The van der Waals surface area contributed by atoms with Gasteiger partial charge < -0.3 is 14.4 Å². The summed E-state index contributed by atoms with van der Waals surface area (Å²) in [5.41, 5.74) is 3.36. The van der Waals surface area contributed by atoms with Gasteiger partial charge in [-0.15, -0.1) is 0 Å². The van der Waals surface area contributed by atoms with E-state index in [4.69, 9.17) is 4.74 Å². The number of halogens is 3. The molecule has 3 aromatic rings. The molecular formula is C34H42F3N3OS. The van der Waals surface area contributed by atoms with Crippen molar-refractivity contribution >= 4 is 23.2 Å². The van der Waals surface area contributed by atoms with Crippen LogP contribution in [0.2, 0.25) is 0 Å². The van der Waals surface area contributed by atoms with Crippen molar-refractivity contribution in [1.82, 2.24) is 9.97 Å². The first-order chi connectivity index (χ1) is 20.4. The second-order valence-corrected chi connectivity index (χ2v) is 9.73. The van der Waals surface area contributed by atoms with Crippen molar-refractivity contribution < 1.29 is 17.9 Å². The third-order valence-corrected chi connectivity index (χ3v) is 6.76. The lowest BCUT2D eigenvalue weighted by Crippen LogP contribution is -2.07. The largest absolute Gasteiger partial charge is 0.458 e. The van der Waals surface area contributed by atoms with Crippen LogP contribution in [0.4, 0.5) is 18.9 Å². The molecule has 1 atom stereocenters. The summed E-state index contributed by atoms with van der Waals surface area (Å²) in [5.74, 6) is 1.84. The van der Waals surface area contributed by atoms with Gasteiger partial charge in [-0.2, -0.15) is 13.2 Å². The number of benzene rings is 2. The van der Waals surface area contributed by atoms with E-state index in [1.54, 1.807) is 11.9 Å². The van der Waals surface area contributed by atoms with Crippen LogP contribution in [0.3, 0.4) is 0 Å². The highest BCUT2D eigenvalue weighted by Gasteiger charge is 2.30. The van der Waals surface area contributed by atoms with Gasteiger partial charge in [0.05, 0.1) is 17.5 Å². The monoisotopic (exact) mass is 597 g/mol. The van der Waals surface area contributed by atoms with Gasteiger partial charge in [0.2, 0.25) is 0 Å². The molecule has 1 aliphatic carbocycles. The average molecular weight is 598 g/mol. The SMILES string of the molecule is CC.CC.CC/C=C\C(=C/CC)c1ncc(-c2cccc(NSC3C=CC(Oc4ccc(C(F)(F)F)cc4)=CC3)c2)[nH]1. The first kappa shape index (κ1) is 34.6. The second kappa shape index (κ2) is 18.0. The van der Waals surface area contributed by atoms with E-state index in [1.165, 1.54) is 12.1 Å². The minimum Gasteiger partial charge on any atom is -0.458 e. The Morgan fingerprint density at radius 1 is 1.07 bits per heavy atom. The lowest BCUT2D eigenvalue weighted by Gasteiger charge is -2.17. The number of imidazole rings is 1. The number of hydrogen-bond donors (Lipinski definition) is 2. The number of H-pyrrole nitrogens is 1. The van der Waals surface area contributed by atoms with E-state index in [0.717, 1.165) is 59.7 Å². The topological polar surface area (TPSA) is 49.9 Å². The number of nitrogens with one attached hydrogen (secondary N) is 2. The van der Waals surface area contributed by atoms with Gasteiger partial charge in [-0.25, -0.2) is 4.98 Å². The first-order valence-electron chi connectivity index (χ1n) is 14.5. The van der Waals surface area contributed by atoms with E-state index in [-0.39, 0.29) is 5.25 Å². The van der Waals surface area contributed by atoms with Crippen LogP contribution < -0.4 is 9.46 Å². The maximum atomic E-state index is 12.7. The number of aromatic nitrogens is 2. The van der Waals surface area contributed by atoms with Crippen LogP contribution in [-0.2, 0) is 6.18 Å². The van der Waals surface area contributed by atoms with E-state index < -0.39 is 11.7 Å². The van der Waals surface area contributed by atoms with Gasteiger partial charge in [0.1, 0.15) is 17.3 Å². The third kappa shape index (κ3) is 10.6. The Balaban J connectivity index is 0.00000148. The molecule has 0 bridgehead atoms. The average Bonchev–Trinajstić information content (AvgIpc) is 3.51. The summed E-state index contributed by atoms with van der Waals surface area (Å²) in [4.78, 5) is 8.02. The summed E-state index contributed by atoms with van der Waals surface area (Å²) in [7, 11) is 0. The fraction of sp³-hybridized carbons (Fsp3) is 0.324. The number of ether oxygens (including phenoxy) is 1. The summed E-state index contributed by atoms with van der Waals surface area (Å²) < 4.78 is 47.3. The first-order valence-corrected chi connectivity index (χ1v) is 15.4. The summed E-state index contributed by atoms with van der Waals surface area (Å²) in [6, 6.07) is 12.9. The molecule has 0 radical (unpaired) electrons. The second-order valence-electron chi connectivity index (χ2n) is 8.69. The Morgan fingerprint density at radius 2 is 1.81 bits per heavy atom. The molecule has 0 saturated heterocycles. The van der Waals surface area contributed by atoms with Gasteiger partial charge in [0.25, 0.3) is 0 Å². The molecule has 0 aliphatic heterocycles. The quantitative estimate of drug-likeness (QED) is 0.180. The van der Waals surface area contributed by atoms with Crippen LogP contribution in [-0.4, -0.2) is 15.2 Å². The van der Waals surface area contributed by atoms with Gasteiger partial charge in [0.15, 0.2) is 0 Å². The minimum absolute atomic E-state index is 0.185. The maximum Gasteiger partial charge on any atom is 0.416 e. The predicted molar refractivity (Wildman–Crippen MR) is 173 cm³/mol. The molecule has 2 aromatic carbocycles. The molecule has 226 valence electrons. The van der Waals surface area contributed by atoms with Crippen molar-refractivity contribution in [2.24, 2.45) is 0 Å². The van der Waals surface area contributed by atoms with E-state index in [0.29, 0.717) is 11.5 Å². The lowest BCUT2D eigenvalue weighted by atomic mass is 10.1. The molecule has 4 rings (SSSR count). The smallest absolute Gasteiger partial charge is 0.416 e. The Morgan fingerprint density at radius 3 is 2.43 bits per heavy atom. The van der Waals surface area contributed by atoms with Gasteiger partial charge in [-0.1, -0.05) is 78.0 Å². The third-order valence-electron chi connectivity index (χ3n) is 5.75. The Bertz CT molecular complexity index is 1340. The van der Waals surface area contributed by atoms with Crippen LogP contribution in [0.15, 0.2) is 96.9 Å². The molecule has 2 N–H and O–H groups in total. The van der Waals surface area contributed by atoms with E-state index in [1.807, 2.05) is 70.3 Å². The molecule has 4 nitrogen and oxygen atoms in total. The van der Waals surface area contributed by atoms with Gasteiger partial charge in [0, 0.05) is 22.1 Å². The number of rotatable bonds is 10. The zero-order valence-corrected chi connectivity index (χ0v) is 26.1. The highest BCUT2D eigenvalue weighted by atomic mass is 32.2. The van der Waals surface area contributed by atoms with Gasteiger partial charge in [-0.3, -0.25) is 0 Å². The number of aromatic amines is 1. The molecule has 0 saturated carbocycles. The summed E-state index contributed by atoms with van der Waals surface area (Å²) in [5, 5.41) is 0.185. The standard InChI is InChI=1S/C30H30F3N3OS.2C2H6/c1-3-5-8-21(7-4-2)29-34-20-28(35-29)22-9-6-10-24(19-22)36-38-27-17-15-26(16-18-27)37-25-13-11-23(12-14-25)30(31,32)33;2*1-2/h5-17,19-20,27,36H,3-4,18H2,1-2H3,(H,34,35);2*1-2H3/b8-5-,21-7+;;. The molecule has 1 aliphatic rings. The number of anilines is 1. The molecule has 1 aromatic heterocycles. The zero-order valence-electron chi connectivity index (χ0n) is 25.3. The van der Waals surface area contributed by atoms with Crippen molar-refractivity contribution in [2.75, 3.05) is 4.72 Å². The van der Waals surface area contributed by atoms with Crippen molar-refractivity contribution in [3.05, 3.63) is 108 Å². The molecule has 42 heavy (non-hydrogen) atoms. The Hall–Kier alpha value is -3.65. The summed E-state index contributed by atoms with van der Waals surface area (Å²) in [6.45, 7) is 12.2. The fourth-order valence-corrected chi connectivity index (χ4v) is 4.57. The van der Waals surface area contributed by atoms with Crippen LogP contribution in [0.1, 0.15) is 72.2 Å². The van der Waals surface area contributed by atoms with Crippen LogP contribution in [0, 0.1) is 0 Å². The van der Waals surface area contributed by atoms with Crippen molar-refractivity contribution in [1.29, 1.82) is 0 Å². The summed E-state index contributed by atoms with van der Waals surface area (Å²) >= 11 is 1.59. The highest BCUT2D eigenvalue weighted by molar-refractivity contribution is 8.01. The molecular weight excluding hydrogens is 555 g/mol. The molecule has 0 amide bonds. The molecule has 0 spiro atoms. The van der Waals surface area contributed by atoms with E-state index in [9.17, 15) is 13.2 Å². The van der Waals surface area contributed by atoms with Crippen molar-refractivity contribution in [3.8, 4) is 17.0 Å². The van der Waals surface area contributed by atoms with Crippen LogP contribution in [0.25, 0.3) is 16.8 Å². The number of alkyl halides is 3. The molecule has 8 heteroatoms. The van der Waals surface area contributed by atoms with E-state index >= 15 is 0 Å². The van der Waals surface area contributed by atoms with Crippen molar-refractivity contribution in [3.63, 3.8) is 0 Å². The molecule has 0 fully saturated rings. The minimum atomic E-state index is -4.36. The predicted octanol–water partition coefficient (Wildman–Crippen LogP) is 11.3. The van der Waals surface area contributed by atoms with Crippen LogP contribution in [0.5, 0.6) is 5.75 Å². The van der Waals surface area contributed by atoms with Gasteiger partial charge >= 0.3 is 6.18 Å². The number of allylic oxidation sites excluding steroid dienone is 6. The van der Waals surface area contributed by atoms with E-state index in [2.05, 4.69) is 52.8 Å². The zero-order chi connectivity index (χ0) is 31.0. The summed E-state index contributed by atoms with van der Waals surface area (Å²) in [6.07, 6.45) is 12.3. The van der Waals surface area contributed by atoms with Gasteiger partial charge in [-0.05, 0) is 79.8 Å². The van der Waals surface area contributed by atoms with Crippen molar-refractivity contribution in [2.45, 2.75) is 72.2 Å². The maximum absolute atomic E-state index is 12.7. The molecule has 1 unspecified atom stereocenters. The Kier molecular flexibility index (Phi) is 14.8. The highest BCUT2D eigenvalue weighted by Crippen LogP contribution is 2.32. The number of nitrogens with zero attached hydrogens (tertiary/aromatic N) is 1. The fourth-order valence-electron chi connectivity index (χ4n) is 3.81.